The van der Waals surface area contributed by atoms with E-state index in [0.29, 0.717) is 15.5 Å². The highest BCUT2D eigenvalue weighted by Gasteiger charge is 2.42. The quantitative estimate of drug-likeness (QED) is 0.637. The maximum atomic E-state index is 11.8. The Bertz CT molecular complexity index is 611. The lowest BCUT2D eigenvalue weighted by Crippen LogP contribution is -2.38. The first-order chi connectivity index (χ1) is 9.41. The molecule has 0 aliphatic carbocycles. The molecule has 5 amide bonds. The van der Waals surface area contributed by atoms with Gasteiger partial charge in [-0.15, -0.1) is 0 Å². The Labute approximate surface area is 115 Å². The number of rotatable bonds is 3. The van der Waals surface area contributed by atoms with E-state index in [2.05, 4.69) is 5.32 Å². The van der Waals surface area contributed by atoms with Crippen molar-refractivity contribution in [1.82, 2.24) is 9.80 Å². The molecule has 20 heavy (non-hydrogen) atoms. The van der Waals surface area contributed by atoms with E-state index >= 15 is 0 Å². The maximum absolute atomic E-state index is 11.8. The summed E-state index contributed by atoms with van der Waals surface area (Å²) in [6, 6.07) is 6.31. The zero-order valence-electron chi connectivity index (χ0n) is 11.0. The number of benzene rings is 1. The molecule has 1 heterocycles. The predicted octanol–water partition coefficient (Wildman–Crippen LogP) is 0.354. The third-order valence-corrected chi connectivity index (χ3v) is 2.97. The second-order valence-corrected chi connectivity index (χ2v) is 4.40. The molecule has 1 aromatic rings. The Hall–Kier alpha value is -2.70. The van der Waals surface area contributed by atoms with Gasteiger partial charge in [0.1, 0.15) is 6.54 Å². The van der Waals surface area contributed by atoms with Gasteiger partial charge in [-0.1, -0.05) is 18.2 Å². The maximum Gasteiger partial charge on any atom is 0.334 e. The molecule has 1 N–H and O–H groups in total. The number of anilines is 1. The molecule has 1 aromatic carbocycles. The van der Waals surface area contributed by atoms with E-state index < -0.39 is 30.3 Å². The lowest BCUT2D eigenvalue weighted by atomic mass is 10.2. The first kappa shape index (κ1) is 13.7. The van der Waals surface area contributed by atoms with Crippen LogP contribution in [-0.4, -0.2) is 47.1 Å². The predicted molar refractivity (Wildman–Crippen MR) is 69.7 cm³/mol. The summed E-state index contributed by atoms with van der Waals surface area (Å²) >= 11 is 0. The molecule has 0 radical (unpaired) electrons. The minimum Gasteiger partial charge on any atom is -0.324 e. The Balaban J connectivity index is 2.06. The van der Waals surface area contributed by atoms with Crippen molar-refractivity contribution in [2.45, 2.75) is 6.92 Å². The second-order valence-electron chi connectivity index (χ2n) is 4.40. The van der Waals surface area contributed by atoms with Crippen LogP contribution in [0, 0.1) is 6.92 Å². The summed E-state index contributed by atoms with van der Waals surface area (Å²) in [6.07, 6.45) is 0. The number of urea groups is 1. The van der Waals surface area contributed by atoms with Gasteiger partial charge in [-0.25, -0.2) is 9.69 Å². The van der Waals surface area contributed by atoms with Crippen molar-refractivity contribution < 1.29 is 19.2 Å². The number of nitrogens with one attached hydrogen (secondary N) is 1. The monoisotopic (exact) mass is 275 g/mol. The standard InChI is InChI=1S/C13H13N3O4/c1-8-5-3-4-6-9(8)14-10(17)7-16-12(19)11(18)15(2)13(16)20/h3-6H,7H2,1-2H3,(H,14,17). The Morgan fingerprint density at radius 3 is 2.35 bits per heavy atom. The number of imide groups is 2. The molecule has 0 spiro atoms. The van der Waals surface area contributed by atoms with Gasteiger partial charge >= 0.3 is 17.8 Å². The van der Waals surface area contributed by atoms with E-state index in [0.717, 1.165) is 5.56 Å². The van der Waals surface area contributed by atoms with E-state index in [9.17, 15) is 19.2 Å². The van der Waals surface area contributed by atoms with E-state index in [4.69, 9.17) is 0 Å². The van der Waals surface area contributed by atoms with Gasteiger partial charge in [0.15, 0.2) is 0 Å². The van der Waals surface area contributed by atoms with E-state index in [1.54, 1.807) is 12.1 Å². The molecule has 0 atom stereocenters. The number of carbonyl (C=O) groups is 4. The summed E-state index contributed by atoms with van der Waals surface area (Å²) in [5, 5.41) is 2.59. The van der Waals surface area contributed by atoms with Crippen LogP contribution in [0.2, 0.25) is 0 Å². The molecule has 1 saturated heterocycles. The van der Waals surface area contributed by atoms with Gasteiger partial charge in [-0.2, -0.15) is 0 Å². The van der Waals surface area contributed by atoms with Crippen LogP contribution in [0.5, 0.6) is 0 Å². The SMILES string of the molecule is Cc1ccccc1NC(=O)CN1C(=O)C(=O)N(C)C1=O. The van der Waals surface area contributed by atoms with Gasteiger partial charge in [-0.3, -0.25) is 19.3 Å². The third kappa shape index (κ3) is 2.37. The van der Waals surface area contributed by atoms with Crippen LogP contribution in [0.3, 0.4) is 0 Å². The molecule has 2 rings (SSSR count). The molecule has 1 aliphatic rings. The molecule has 0 saturated carbocycles. The van der Waals surface area contributed by atoms with Crippen molar-refractivity contribution >= 4 is 29.4 Å². The van der Waals surface area contributed by atoms with Crippen molar-refractivity contribution in [3.8, 4) is 0 Å². The lowest BCUT2D eigenvalue weighted by Gasteiger charge is -2.13. The number of hydrogen-bond acceptors (Lipinski definition) is 4. The van der Waals surface area contributed by atoms with Crippen LogP contribution in [0.4, 0.5) is 10.5 Å². The summed E-state index contributed by atoms with van der Waals surface area (Å²) < 4.78 is 0. The normalized spacial score (nSPS) is 15.0. The molecule has 1 aliphatic heterocycles. The smallest absolute Gasteiger partial charge is 0.324 e. The Morgan fingerprint density at radius 1 is 1.15 bits per heavy atom. The Morgan fingerprint density at radius 2 is 1.80 bits per heavy atom. The van der Waals surface area contributed by atoms with Crippen LogP contribution in [-0.2, 0) is 14.4 Å². The lowest BCUT2D eigenvalue weighted by molar-refractivity contribution is -0.143. The number of para-hydroxylation sites is 1. The fraction of sp³-hybridized carbons (Fsp3) is 0.231. The van der Waals surface area contributed by atoms with Gasteiger partial charge in [0.25, 0.3) is 0 Å². The first-order valence-corrected chi connectivity index (χ1v) is 5.91. The molecular formula is C13H13N3O4. The number of nitrogens with zero attached hydrogens (tertiary/aromatic N) is 2. The first-order valence-electron chi connectivity index (χ1n) is 5.91. The van der Waals surface area contributed by atoms with Crippen LogP contribution in [0.15, 0.2) is 24.3 Å². The van der Waals surface area contributed by atoms with Gasteiger partial charge in [0.05, 0.1) is 0 Å². The molecule has 7 nitrogen and oxygen atoms in total. The minimum atomic E-state index is -0.988. The van der Waals surface area contributed by atoms with Crippen molar-refractivity contribution in [2.24, 2.45) is 0 Å². The minimum absolute atomic E-state index is 0.484. The van der Waals surface area contributed by atoms with Gasteiger partial charge in [0.2, 0.25) is 5.91 Å². The largest absolute Gasteiger partial charge is 0.334 e. The van der Waals surface area contributed by atoms with E-state index in [1.807, 2.05) is 19.1 Å². The van der Waals surface area contributed by atoms with Gasteiger partial charge < -0.3 is 5.32 Å². The van der Waals surface area contributed by atoms with Crippen molar-refractivity contribution in [3.05, 3.63) is 29.8 Å². The summed E-state index contributed by atoms with van der Waals surface area (Å²) in [4.78, 5) is 47.6. The van der Waals surface area contributed by atoms with Crippen molar-refractivity contribution in [2.75, 3.05) is 18.9 Å². The molecule has 0 unspecified atom stereocenters. The zero-order chi connectivity index (χ0) is 14.9. The highest BCUT2D eigenvalue weighted by molar-refractivity contribution is 6.44. The molecule has 7 heteroatoms. The fourth-order valence-corrected chi connectivity index (χ4v) is 1.80. The molecule has 0 bridgehead atoms. The number of carbonyl (C=O) groups excluding carboxylic acids is 4. The topological polar surface area (TPSA) is 86.8 Å². The number of aryl methyl sites for hydroxylation is 1. The van der Waals surface area contributed by atoms with Crippen LogP contribution in [0.25, 0.3) is 0 Å². The van der Waals surface area contributed by atoms with Crippen LogP contribution in [0.1, 0.15) is 5.56 Å². The summed E-state index contributed by atoms with van der Waals surface area (Å²) in [5.41, 5.74) is 1.45. The van der Waals surface area contributed by atoms with Crippen molar-refractivity contribution in [1.29, 1.82) is 0 Å². The van der Waals surface area contributed by atoms with Gasteiger partial charge in [0, 0.05) is 12.7 Å². The Kier molecular flexibility index (Phi) is 3.51. The molecular weight excluding hydrogens is 262 g/mol. The van der Waals surface area contributed by atoms with E-state index in [-0.39, 0.29) is 0 Å². The average molecular weight is 275 g/mol. The van der Waals surface area contributed by atoms with Crippen LogP contribution >= 0.6 is 0 Å². The molecule has 104 valence electrons. The van der Waals surface area contributed by atoms with Crippen molar-refractivity contribution in [3.63, 3.8) is 0 Å². The second kappa shape index (κ2) is 5.12. The third-order valence-electron chi connectivity index (χ3n) is 2.97. The van der Waals surface area contributed by atoms with E-state index in [1.165, 1.54) is 7.05 Å². The molecule has 0 aromatic heterocycles. The number of amides is 5. The number of hydrogen-bond donors (Lipinski definition) is 1. The summed E-state index contributed by atoms with van der Waals surface area (Å²) in [7, 11) is 1.20. The zero-order valence-corrected chi connectivity index (χ0v) is 11.0. The fourth-order valence-electron chi connectivity index (χ4n) is 1.80. The highest BCUT2D eigenvalue weighted by Crippen LogP contribution is 2.14. The molecule has 1 fully saturated rings. The average Bonchev–Trinajstić information content (AvgIpc) is 2.59. The summed E-state index contributed by atoms with van der Waals surface area (Å²) in [6.45, 7) is 1.33. The van der Waals surface area contributed by atoms with Crippen LogP contribution < -0.4 is 5.32 Å². The van der Waals surface area contributed by atoms with Gasteiger partial charge in [-0.05, 0) is 18.6 Å². The summed E-state index contributed by atoms with van der Waals surface area (Å²) in [5.74, 6) is -2.46. The highest BCUT2D eigenvalue weighted by atomic mass is 16.2. The number of likely N-dealkylation sites (N-methyl/N-ethyl adjacent to an activating group) is 1.